The van der Waals surface area contributed by atoms with Crippen LogP contribution in [0.15, 0.2) is 41.3 Å². The van der Waals surface area contributed by atoms with E-state index in [-0.39, 0.29) is 4.90 Å². The van der Waals surface area contributed by atoms with Crippen LogP contribution in [0.2, 0.25) is 0 Å². The molecule has 0 amide bonds. The van der Waals surface area contributed by atoms with Crippen molar-refractivity contribution in [2.24, 2.45) is 5.92 Å². The van der Waals surface area contributed by atoms with E-state index in [2.05, 4.69) is 23.6 Å². The lowest BCUT2D eigenvalue weighted by atomic mass is 10.0. The first-order valence-corrected chi connectivity index (χ1v) is 8.87. The van der Waals surface area contributed by atoms with E-state index in [9.17, 15) is 8.42 Å². The molecule has 118 valence electrons. The van der Waals surface area contributed by atoms with E-state index in [1.807, 2.05) is 32.0 Å². The van der Waals surface area contributed by atoms with E-state index in [0.717, 1.165) is 23.2 Å². The summed E-state index contributed by atoms with van der Waals surface area (Å²) in [6, 6.07) is 10.8. The number of pyridine rings is 1. The van der Waals surface area contributed by atoms with Gasteiger partial charge in [0, 0.05) is 6.07 Å². The number of anilines is 1. The van der Waals surface area contributed by atoms with Gasteiger partial charge in [0.2, 0.25) is 0 Å². The average Bonchev–Trinajstić information content (AvgIpc) is 2.36. The molecule has 0 radical (unpaired) electrons. The Morgan fingerprint density at radius 2 is 1.73 bits per heavy atom. The molecule has 2 aromatic rings. The fraction of sp³-hybridized carbons (Fsp3) is 0.353. The average molecular weight is 319 g/mol. The number of aromatic amines is 1. The van der Waals surface area contributed by atoms with Gasteiger partial charge in [0.05, 0.1) is 5.69 Å². The summed E-state index contributed by atoms with van der Waals surface area (Å²) in [6.07, 6.45) is 0.943. The highest BCUT2D eigenvalue weighted by molar-refractivity contribution is 7.92. The van der Waals surface area contributed by atoms with Crippen LogP contribution in [0.5, 0.6) is 0 Å². The van der Waals surface area contributed by atoms with Crippen LogP contribution in [0.3, 0.4) is 0 Å². The lowest BCUT2D eigenvalue weighted by Gasteiger charge is -2.06. The highest BCUT2D eigenvalue weighted by atomic mass is 32.2. The smallest absolute Gasteiger partial charge is 0.244 e. The maximum absolute atomic E-state index is 12.4. The maximum atomic E-state index is 12.4. The summed E-state index contributed by atoms with van der Waals surface area (Å²) in [6.45, 7) is 8.11. The van der Waals surface area contributed by atoms with Gasteiger partial charge in [-0.1, -0.05) is 26.0 Å². The molecule has 0 aliphatic rings. The van der Waals surface area contributed by atoms with E-state index in [0.29, 0.717) is 11.7 Å². The van der Waals surface area contributed by atoms with Crippen LogP contribution in [-0.4, -0.2) is 8.42 Å². The predicted octanol–water partition coefficient (Wildman–Crippen LogP) is 3.12. The molecule has 1 aromatic heterocycles. The van der Waals surface area contributed by atoms with E-state index in [1.165, 1.54) is 0 Å². The second-order valence-electron chi connectivity index (χ2n) is 6.10. The lowest BCUT2D eigenvalue weighted by molar-refractivity contribution is -0.370. The van der Waals surface area contributed by atoms with Crippen molar-refractivity contribution in [2.45, 2.75) is 39.0 Å². The van der Waals surface area contributed by atoms with Crippen LogP contribution in [0.1, 0.15) is 30.7 Å². The first-order valence-electron chi connectivity index (χ1n) is 7.38. The molecular formula is C17H23N2O2S+. The van der Waals surface area contributed by atoms with E-state index < -0.39 is 10.0 Å². The number of sulfonamides is 1. The van der Waals surface area contributed by atoms with Gasteiger partial charge in [0.1, 0.15) is 4.90 Å². The fourth-order valence-corrected chi connectivity index (χ4v) is 3.44. The van der Waals surface area contributed by atoms with Crippen molar-refractivity contribution in [3.8, 4) is 0 Å². The van der Waals surface area contributed by atoms with Gasteiger partial charge >= 0.3 is 10.0 Å². The number of aryl methyl sites for hydroxylation is 2. The van der Waals surface area contributed by atoms with Gasteiger partial charge in [-0.15, -0.1) is 0 Å². The molecule has 22 heavy (non-hydrogen) atoms. The van der Waals surface area contributed by atoms with Crippen LogP contribution in [0.25, 0.3) is 0 Å². The van der Waals surface area contributed by atoms with Gasteiger partial charge < -0.3 is 0 Å². The molecule has 5 heteroatoms. The van der Waals surface area contributed by atoms with Crippen molar-refractivity contribution in [3.63, 3.8) is 0 Å². The van der Waals surface area contributed by atoms with Gasteiger partial charge in [-0.05, 0) is 55.5 Å². The molecule has 0 saturated carbocycles. The monoisotopic (exact) mass is 319 g/mol. The SMILES string of the molecule is Cc1cc(C)[nH+]c(NS(=O)(=O)c2ccc(CC(C)C)cc2)c1. The van der Waals surface area contributed by atoms with Crippen molar-refractivity contribution in [1.29, 1.82) is 0 Å². The molecule has 4 nitrogen and oxygen atoms in total. The molecule has 0 aliphatic heterocycles. The van der Waals surface area contributed by atoms with E-state index >= 15 is 0 Å². The molecule has 1 heterocycles. The minimum absolute atomic E-state index is 0.271. The molecule has 0 bridgehead atoms. The van der Waals surface area contributed by atoms with Crippen molar-refractivity contribution in [1.82, 2.24) is 0 Å². The molecular weight excluding hydrogens is 296 g/mol. The normalized spacial score (nSPS) is 11.7. The van der Waals surface area contributed by atoms with Crippen molar-refractivity contribution < 1.29 is 13.4 Å². The molecule has 0 unspecified atom stereocenters. The third kappa shape index (κ3) is 4.31. The van der Waals surface area contributed by atoms with Gasteiger partial charge in [-0.25, -0.2) is 4.98 Å². The molecule has 0 saturated heterocycles. The summed E-state index contributed by atoms with van der Waals surface area (Å²) in [5.41, 5.74) is 3.05. The first kappa shape index (κ1) is 16.5. The Morgan fingerprint density at radius 1 is 1.09 bits per heavy atom. The number of rotatable bonds is 5. The summed E-state index contributed by atoms with van der Waals surface area (Å²) in [4.78, 5) is 3.29. The second kappa shape index (κ2) is 6.48. The third-order valence-corrected chi connectivity index (χ3v) is 4.65. The molecule has 2 rings (SSSR count). The summed E-state index contributed by atoms with van der Waals surface area (Å²) in [5, 5.41) is 0. The first-order chi connectivity index (χ1) is 10.3. The van der Waals surface area contributed by atoms with Gasteiger partial charge in [-0.2, -0.15) is 13.1 Å². The topological polar surface area (TPSA) is 60.3 Å². The minimum atomic E-state index is -3.57. The number of nitrogens with one attached hydrogen (secondary N) is 2. The number of H-pyrrole nitrogens is 1. The fourth-order valence-electron chi connectivity index (χ4n) is 2.43. The number of hydrogen-bond donors (Lipinski definition) is 1. The van der Waals surface area contributed by atoms with Crippen LogP contribution >= 0.6 is 0 Å². The zero-order valence-corrected chi connectivity index (χ0v) is 14.3. The van der Waals surface area contributed by atoms with Crippen LogP contribution in [0, 0.1) is 19.8 Å². The molecule has 1 aromatic carbocycles. The quantitative estimate of drug-likeness (QED) is 0.920. The lowest BCUT2D eigenvalue weighted by Crippen LogP contribution is -2.21. The highest BCUT2D eigenvalue weighted by Gasteiger charge is 2.20. The Balaban J connectivity index is 2.22. The van der Waals surface area contributed by atoms with E-state index in [4.69, 9.17) is 0 Å². The minimum Gasteiger partial charge on any atom is -0.244 e. The number of hydrogen-bond acceptors (Lipinski definition) is 2. The van der Waals surface area contributed by atoms with Crippen LogP contribution in [0.4, 0.5) is 5.82 Å². The summed E-state index contributed by atoms with van der Waals surface area (Å²) >= 11 is 0. The van der Waals surface area contributed by atoms with Crippen molar-refractivity contribution in [3.05, 3.63) is 53.2 Å². The summed E-state index contributed by atoms with van der Waals surface area (Å²) < 4.78 is 27.4. The largest absolute Gasteiger partial charge is 0.328 e. The Kier molecular flexibility index (Phi) is 4.86. The number of aromatic nitrogens is 1. The number of benzene rings is 1. The molecule has 0 aliphatic carbocycles. The standard InChI is InChI=1S/C17H22N2O2S/c1-12(2)9-15-5-7-16(8-6-15)22(20,21)19-17-11-13(3)10-14(4)18-17/h5-8,10-12H,9H2,1-4H3,(H,18,19)/p+1. The summed E-state index contributed by atoms with van der Waals surface area (Å²) in [5.74, 6) is 1.02. The van der Waals surface area contributed by atoms with Gasteiger partial charge in [0.15, 0.2) is 0 Å². The molecule has 0 atom stereocenters. The van der Waals surface area contributed by atoms with Gasteiger partial charge in [0.25, 0.3) is 5.82 Å². The van der Waals surface area contributed by atoms with Gasteiger partial charge in [-0.3, -0.25) is 0 Å². The predicted molar refractivity (Wildman–Crippen MR) is 88.3 cm³/mol. The Morgan fingerprint density at radius 3 is 2.27 bits per heavy atom. The zero-order valence-electron chi connectivity index (χ0n) is 13.5. The maximum Gasteiger partial charge on any atom is 0.328 e. The van der Waals surface area contributed by atoms with Crippen molar-refractivity contribution >= 4 is 15.8 Å². The molecule has 2 N–H and O–H groups in total. The Labute approximate surface area is 132 Å². The van der Waals surface area contributed by atoms with Crippen LogP contribution < -0.4 is 9.71 Å². The Bertz CT molecular complexity index is 730. The molecule has 0 spiro atoms. The summed E-state index contributed by atoms with van der Waals surface area (Å²) in [7, 11) is -3.57. The highest BCUT2D eigenvalue weighted by Crippen LogP contribution is 2.16. The van der Waals surface area contributed by atoms with Crippen LogP contribution in [-0.2, 0) is 16.4 Å². The second-order valence-corrected chi connectivity index (χ2v) is 7.78. The van der Waals surface area contributed by atoms with E-state index in [1.54, 1.807) is 18.2 Å². The third-order valence-electron chi connectivity index (χ3n) is 3.27. The zero-order chi connectivity index (χ0) is 16.3. The Hall–Kier alpha value is -1.88. The molecule has 0 fully saturated rings. The van der Waals surface area contributed by atoms with Crippen molar-refractivity contribution in [2.75, 3.05) is 4.72 Å².